The van der Waals surface area contributed by atoms with Crippen LogP contribution in [0.1, 0.15) is 10.7 Å². The summed E-state index contributed by atoms with van der Waals surface area (Å²) < 4.78 is 11.7. The minimum atomic E-state index is -2.72. The van der Waals surface area contributed by atoms with E-state index in [1.54, 1.807) is 7.11 Å². The first-order chi connectivity index (χ1) is 12.2. The molecule has 0 atom stereocenters. The van der Waals surface area contributed by atoms with Gasteiger partial charge in [0.2, 0.25) is 0 Å². The van der Waals surface area contributed by atoms with Crippen LogP contribution in [0, 0.1) is 0 Å². The molecule has 0 aliphatic heterocycles. The zero-order valence-corrected chi connectivity index (χ0v) is 30.1. The predicted molar refractivity (Wildman–Crippen MR) is 144 cm³/mol. The monoisotopic (exact) mass is 629 g/mol. The van der Waals surface area contributed by atoms with Gasteiger partial charge in [-0.25, -0.2) is 0 Å². The molecule has 0 aromatic rings. The molecule has 0 aliphatic carbocycles. The second kappa shape index (κ2) is 35.6. The van der Waals surface area contributed by atoms with Crippen molar-refractivity contribution in [3.63, 3.8) is 0 Å². The van der Waals surface area contributed by atoms with Gasteiger partial charge in [0.15, 0.2) is 0 Å². The molecule has 3 N–H and O–H groups in total. The summed E-state index contributed by atoms with van der Waals surface area (Å²) in [5, 5.41) is 11.4. The molecular formula is C14H45Cl6Mg2N5O2Si2. The van der Waals surface area contributed by atoms with Crippen LogP contribution in [0.5, 0.6) is 0 Å². The SMILES string of the molecule is CNC.CNC[Si](N(C)C)(N(C)C)N(C)C.COCCCO.Cl[Si](Cl)(Cl)Cl.[Cl-].[Cl-].[H-].[H-].[HH].[Mg+2].[Mg+2]. The molecule has 31 heavy (non-hydrogen) atoms. The van der Waals surface area contributed by atoms with Gasteiger partial charge in [0.1, 0.15) is 0 Å². The molecular weight excluding hydrogens is 588 g/mol. The van der Waals surface area contributed by atoms with Gasteiger partial charge in [-0.1, -0.05) is 0 Å². The molecule has 0 rings (SSSR count). The van der Waals surface area contributed by atoms with Crippen LogP contribution in [-0.4, -0.2) is 169 Å². The molecule has 0 fully saturated rings. The van der Waals surface area contributed by atoms with Crippen LogP contribution in [0.25, 0.3) is 0 Å². The van der Waals surface area contributed by atoms with Gasteiger partial charge >= 0.3 is 60.0 Å². The maximum atomic E-state index is 8.12. The molecule has 0 amide bonds. The van der Waals surface area contributed by atoms with Crippen molar-refractivity contribution < 1.29 is 38.9 Å². The second-order valence-corrected chi connectivity index (χ2v) is 21.7. The van der Waals surface area contributed by atoms with E-state index < -0.39 is 13.9 Å². The fourth-order valence-electron chi connectivity index (χ4n) is 2.12. The van der Waals surface area contributed by atoms with E-state index in [0.29, 0.717) is 6.61 Å². The van der Waals surface area contributed by atoms with E-state index in [4.69, 9.17) is 49.4 Å². The summed E-state index contributed by atoms with van der Waals surface area (Å²) in [7, 11) is 18.7. The standard InChI is InChI=1S/C8H24N4Si.C4H10O2.C2H7N.Cl4Si.2ClH.2Mg.H2.2H/c1-9-8-13(10(2)3,11(4)5)12(6)7;1-6-4-2-3-5;1-3-2;1-5(2,3)4;;;;;;;/h9H,8H2,1-7H3;5H,2-4H2,1H3;3H,1-2H3;;2*1H;;;1H;;/q;;;;;;2*+2;;2*-1/p-2. The zero-order valence-electron chi connectivity index (χ0n) is 22.7. The van der Waals surface area contributed by atoms with Gasteiger partial charge in [0, 0.05) is 27.9 Å². The number of hydrogen-bond acceptors (Lipinski definition) is 7. The number of nitrogens with one attached hydrogen (secondary N) is 2. The van der Waals surface area contributed by atoms with Crippen molar-refractivity contribution >= 4 is 104 Å². The Labute approximate surface area is 261 Å². The topological polar surface area (TPSA) is 63.2 Å². The molecule has 0 bridgehead atoms. The first kappa shape index (κ1) is 55.1. The molecule has 17 heteroatoms. The Morgan fingerprint density at radius 2 is 1.13 bits per heavy atom. The Balaban J connectivity index is -0.0000000243. The Morgan fingerprint density at radius 3 is 1.19 bits per heavy atom. The average Bonchev–Trinajstić information content (AvgIpc) is 2.49. The summed E-state index contributed by atoms with van der Waals surface area (Å²) in [6.07, 6.45) is 1.79. The van der Waals surface area contributed by atoms with Crippen LogP contribution < -0.4 is 35.4 Å². The number of rotatable bonds is 8. The van der Waals surface area contributed by atoms with E-state index in [2.05, 4.69) is 71.4 Å². The Kier molecular flexibility index (Phi) is 63.2. The van der Waals surface area contributed by atoms with Crippen LogP contribution in [0.2, 0.25) is 0 Å². The van der Waals surface area contributed by atoms with E-state index >= 15 is 0 Å². The summed E-state index contributed by atoms with van der Waals surface area (Å²) >= 11 is 19.9. The number of nitrogens with zero attached hydrogens (tertiary/aromatic N) is 3. The van der Waals surface area contributed by atoms with E-state index in [1.807, 2.05) is 21.1 Å². The molecule has 7 nitrogen and oxygen atoms in total. The van der Waals surface area contributed by atoms with E-state index in [-0.39, 0.29) is 81.8 Å². The third kappa shape index (κ3) is 40.9. The Morgan fingerprint density at radius 1 is 0.871 bits per heavy atom. The molecule has 0 saturated heterocycles. The Bertz CT molecular complexity index is 302. The van der Waals surface area contributed by atoms with Crippen LogP contribution in [0.4, 0.5) is 0 Å². The van der Waals surface area contributed by atoms with Crippen LogP contribution in [-0.2, 0) is 4.74 Å². The van der Waals surface area contributed by atoms with E-state index in [0.717, 1.165) is 12.6 Å². The molecule has 0 aliphatic rings. The summed E-state index contributed by atoms with van der Waals surface area (Å²) in [5.74, 6) is 0. The van der Waals surface area contributed by atoms with Gasteiger partial charge < -0.3 is 61.8 Å². The number of halogens is 6. The van der Waals surface area contributed by atoms with Gasteiger partial charge in [0.25, 0.3) is 0 Å². The minimum Gasteiger partial charge on any atom is -1.00 e. The van der Waals surface area contributed by atoms with Crippen molar-refractivity contribution in [2.24, 2.45) is 0 Å². The second-order valence-electron chi connectivity index (χ2n) is 5.99. The van der Waals surface area contributed by atoms with Gasteiger partial charge in [-0.3, -0.25) is 0 Å². The quantitative estimate of drug-likeness (QED) is 0.141. The fourth-order valence-corrected chi connectivity index (χ4v) is 5.94. The van der Waals surface area contributed by atoms with Gasteiger partial charge in [-0.15, -0.1) is 44.3 Å². The van der Waals surface area contributed by atoms with Crippen molar-refractivity contribution in [3.05, 3.63) is 0 Å². The number of aliphatic hydroxyl groups excluding tert-OH is 1. The average molecular weight is 633 g/mol. The molecule has 0 aromatic carbocycles. The molecule has 0 radical (unpaired) electrons. The van der Waals surface area contributed by atoms with Crippen molar-refractivity contribution in [1.29, 1.82) is 0 Å². The first-order valence-corrected chi connectivity index (χ1v) is 16.4. The first-order valence-electron chi connectivity index (χ1n) is 8.33. The number of ether oxygens (including phenoxy) is 1. The zero-order chi connectivity index (χ0) is 22.7. The maximum absolute atomic E-state index is 8.12. The molecule has 0 aromatic heterocycles. The van der Waals surface area contributed by atoms with Crippen molar-refractivity contribution in [3.8, 4) is 0 Å². The van der Waals surface area contributed by atoms with E-state index in [9.17, 15) is 0 Å². The molecule has 0 saturated carbocycles. The Hall–Kier alpha value is 3.43. The largest absolute Gasteiger partial charge is 2.00 e. The summed E-state index contributed by atoms with van der Waals surface area (Å²) in [4.78, 5) is 0. The normalized spacial score (nSPS) is 9.87. The summed E-state index contributed by atoms with van der Waals surface area (Å²) in [6, 6.07) is 0. The summed E-state index contributed by atoms with van der Waals surface area (Å²) in [6.45, 7) is 0.893. The van der Waals surface area contributed by atoms with Gasteiger partial charge in [-0.2, -0.15) is 0 Å². The van der Waals surface area contributed by atoms with Crippen molar-refractivity contribution in [2.75, 3.05) is 89.9 Å². The molecule has 192 valence electrons. The fraction of sp³-hybridized carbons (Fsp3) is 1.00. The molecule has 0 heterocycles. The smallest absolute Gasteiger partial charge is 1.00 e. The van der Waals surface area contributed by atoms with Crippen LogP contribution in [0.15, 0.2) is 0 Å². The number of aliphatic hydroxyl groups is 1. The minimum absolute atomic E-state index is 0. The molecule has 0 unspecified atom stereocenters. The van der Waals surface area contributed by atoms with Crippen molar-refractivity contribution in [2.45, 2.75) is 6.42 Å². The van der Waals surface area contributed by atoms with E-state index in [1.165, 1.54) is 0 Å². The predicted octanol–water partition coefficient (Wildman–Crippen LogP) is -4.69. The van der Waals surface area contributed by atoms with Gasteiger partial charge in [0.05, 0.1) is 0 Å². The van der Waals surface area contributed by atoms with Crippen LogP contribution >= 0.6 is 44.3 Å². The number of methoxy groups -OCH3 is 1. The third-order valence-electron chi connectivity index (χ3n) is 3.07. The third-order valence-corrected chi connectivity index (χ3v) is 8.19. The maximum Gasteiger partial charge on any atom is 2.00 e. The van der Waals surface area contributed by atoms with Crippen LogP contribution in [0.3, 0.4) is 0 Å². The van der Waals surface area contributed by atoms with Gasteiger partial charge in [-0.05, 0) is 69.8 Å². The molecule has 0 spiro atoms. The van der Waals surface area contributed by atoms with Crippen molar-refractivity contribution in [1.82, 2.24) is 24.3 Å². The summed E-state index contributed by atoms with van der Waals surface area (Å²) in [5.41, 5.74) is 0. The number of hydrogen-bond donors (Lipinski definition) is 3.